The van der Waals surface area contributed by atoms with Crippen molar-refractivity contribution in [1.82, 2.24) is 10.3 Å². The van der Waals surface area contributed by atoms with E-state index in [0.717, 1.165) is 45.3 Å². The Balaban J connectivity index is 1.46. The van der Waals surface area contributed by atoms with Crippen LogP contribution in [0.15, 0.2) is 47.8 Å². The number of nitrogens with one attached hydrogen (secondary N) is 1. The monoisotopic (exact) mass is 380 g/mol. The highest BCUT2D eigenvalue weighted by atomic mass is 32.1. The van der Waals surface area contributed by atoms with E-state index < -0.39 is 0 Å². The van der Waals surface area contributed by atoms with Gasteiger partial charge in [-0.1, -0.05) is 31.2 Å². The first kappa shape index (κ1) is 17.5. The van der Waals surface area contributed by atoms with E-state index in [-0.39, 0.29) is 12.7 Å². The summed E-state index contributed by atoms with van der Waals surface area (Å²) in [5, 5.41) is 5.94. The average Bonchev–Trinajstić information content (AvgIpc) is 3.36. The van der Waals surface area contributed by atoms with E-state index in [1.807, 2.05) is 54.8 Å². The molecule has 0 radical (unpaired) electrons. The van der Waals surface area contributed by atoms with Gasteiger partial charge in [-0.3, -0.25) is 4.79 Å². The minimum Gasteiger partial charge on any atom is -0.454 e. The van der Waals surface area contributed by atoms with E-state index in [1.54, 1.807) is 11.3 Å². The van der Waals surface area contributed by atoms with Gasteiger partial charge in [-0.05, 0) is 30.2 Å². The highest BCUT2D eigenvalue weighted by molar-refractivity contribution is 7.13. The number of benzene rings is 2. The van der Waals surface area contributed by atoms with Gasteiger partial charge >= 0.3 is 0 Å². The molecule has 0 atom stereocenters. The van der Waals surface area contributed by atoms with Crippen molar-refractivity contribution in [2.75, 3.05) is 6.79 Å². The molecule has 1 N–H and O–H groups in total. The van der Waals surface area contributed by atoms with E-state index >= 15 is 0 Å². The van der Waals surface area contributed by atoms with Gasteiger partial charge in [-0.15, -0.1) is 11.3 Å². The molecule has 0 aliphatic carbocycles. The molecule has 1 aliphatic heterocycles. The molecule has 4 rings (SSSR count). The Kier molecular flexibility index (Phi) is 5.07. The summed E-state index contributed by atoms with van der Waals surface area (Å²) in [6.45, 7) is 2.83. The predicted octanol–water partition coefficient (Wildman–Crippen LogP) is 4.62. The number of amides is 1. The van der Waals surface area contributed by atoms with Crippen molar-refractivity contribution in [3.05, 3.63) is 53.4 Å². The van der Waals surface area contributed by atoms with Crippen molar-refractivity contribution in [2.24, 2.45) is 0 Å². The lowest BCUT2D eigenvalue weighted by molar-refractivity contribution is -0.121. The molecule has 2 aromatic carbocycles. The van der Waals surface area contributed by atoms with Crippen molar-refractivity contribution >= 4 is 17.2 Å². The third-order valence-corrected chi connectivity index (χ3v) is 5.23. The zero-order valence-electron chi connectivity index (χ0n) is 15.0. The summed E-state index contributed by atoms with van der Waals surface area (Å²) in [6.07, 6.45) is 1.43. The molecule has 1 aromatic heterocycles. The maximum absolute atomic E-state index is 11.6. The van der Waals surface area contributed by atoms with E-state index in [1.165, 1.54) is 0 Å². The summed E-state index contributed by atoms with van der Waals surface area (Å²) in [7, 11) is 0. The molecule has 1 amide bonds. The van der Waals surface area contributed by atoms with Gasteiger partial charge in [-0.25, -0.2) is 4.98 Å². The summed E-state index contributed by atoms with van der Waals surface area (Å²) in [5.41, 5.74) is 4.08. The first-order chi connectivity index (χ1) is 13.2. The number of aromatic nitrogens is 1. The van der Waals surface area contributed by atoms with Crippen LogP contribution >= 0.6 is 11.3 Å². The molecule has 5 nitrogen and oxygen atoms in total. The lowest BCUT2D eigenvalue weighted by Crippen LogP contribution is -2.21. The molecule has 3 aromatic rings. The molecular weight excluding hydrogens is 360 g/mol. The van der Waals surface area contributed by atoms with E-state index in [9.17, 15) is 4.79 Å². The molecule has 2 heterocycles. The van der Waals surface area contributed by atoms with Gasteiger partial charge in [0.15, 0.2) is 11.5 Å². The van der Waals surface area contributed by atoms with Gasteiger partial charge in [0.25, 0.3) is 0 Å². The van der Waals surface area contributed by atoms with Gasteiger partial charge in [0.05, 0.1) is 5.69 Å². The fourth-order valence-corrected chi connectivity index (χ4v) is 3.71. The normalized spacial score (nSPS) is 12.2. The third-order valence-electron chi connectivity index (χ3n) is 4.34. The molecule has 0 saturated heterocycles. The SMILES string of the molecule is CCCC(=O)NCc1ccc(-c2nc(-c3ccc4c(c3)OCO4)cs2)cc1. The van der Waals surface area contributed by atoms with Crippen molar-refractivity contribution in [3.63, 3.8) is 0 Å². The van der Waals surface area contributed by atoms with Crippen molar-refractivity contribution in [2.45, 2.75) is 26.3 Å². The summed E-state index contributed by atoms with van der Waals surface area (Å²) < 4.78 is 10.8. The van der Waals surface area contributed by atoms with Crippen molar-refractivity contribution < 1.29 is 14.3 Å². The second-order valence-corrected chi connectivity index (χ2v) is 7.19. The van der Waals surface area contributed by atoms with E-state index in [4.69, 9.17) is 14.5 Å². The Hall–Kier alpha value is -2.86. The molecule has 6 heteroatoms. The van der Waals surface area contributed by atoms with Gasteiger partial charge in [0.1, 0.15) is 5.01 Å². The fraction of sp³-hybridized carbons (Fsp3) is 0.238. The van der Waals surface area contributed by atoms with Gasteiger partial charge in [0.2, 0.25) is 12.7 Å². The second-order valence-electron chi connectivity index (χ2n) is 6.33. The van der Waals surface area contributed by atoms with Crippen LogP contribution in [0.2, 0.25) is 0 Å². The number of carbonyl (C=O) groups is 1. The van der Waals surface area contributed by atoms with E-state index in [0.29, 0.717) is 13.0 Å². The number of hydrogen-bond acceptors (Lipinski definition) is 5. The lowest BCUT2D eigenvalue weighted by Gasteiger charge is -2.05. The van der Waals surface area contributed by atoms with Crippen LogP contribution in [0.25, 0.3) is 21.8 Å². The summed E-state index contributed by atoms with van der Waals surface area (Å²) in [4.78, 5) is 16.3. The summed E-state index contributed by atoms with van der Waals surface area (Å²) in [5.74, 6) is 1.63. The minimum atomic E-state index is 0.0925. The highest BCUT2D eigenvalue weighted by Gasteiger charge is 2.15. The molecular formula is C21H20N2O3S. The quantitative estimate of drug-likeness (QED) is 0.678. The number of thiazole rings is 1. The maximum atomic E-state index is 11.6. The van der Waals surface area contributed by atoms with Crippen LogP contribution in [0.5, 0.6) is 11.5 Å². The highest BCUT2D eigenvalue weighted by Crippen LogP contribution is 2.37. The second kappa shape index (κ2) is 7.80. The summed E-state index contributed by atoms with van der Waals surface area (Å²) >= 11 is 1.61. The van der Waals surface area contributed by atoms with Gasteiger partial charge in [0, 0.05) is 29.5 Å². The lowest BCUT2D eigenvalue weighted by atomic mass is 10.1. The third kappa shape index (κ3) is 3.95. The van der Waals surface area contributed by atoms with Gasteiger partial charge < -0.3 is 14.8 Å². The number of rotatable bonds is 6. The summed E-state index contributed by atoms with van der Waals surface area (Å²) in [6, 6.07) is 14.0. The zero-order valence-corrected chi connectivity index (χ0v) is 15.8. The smallest absolute Gasteiger partial charge is 0.231 e. The Morgan fingerprint density at radius 3 is 2.70 bits per heavy atom. The van der Waals surface area contributed by atoms with Crippen molar-refractivity contribution in [3.8, 4) is 33.3 Å². The fourth-order valence-electron chi connectivity index (χ4n) is 2.88. The molecule has 0 bridgehead atoms. The van der Waals surface area contributed by atoms with Crippen LogP contribution in [0, 0.1) is 0 Å². The number of hydrogen-bond donors (Lipinski definition) is 1. The number of fused-ring (bicyclic) bond motifs is 1. The Morgan fingerprint density at radius 2 is 1.89 bits per heavy atom. The van der Waals surface area contributed by atoms with Gasteiger partial charge in [-0.2, -0.15) is 0 Å². The van der Waals surface area contributed by atoms with Crippen LogP contribution in [0.3, 0.4) is 0 Å². The first-order valence-electron chi connectivity index (χ1n) is 8.94. The molecule has 1 aliphatic rings. The number of ether oxygens (including phenoxy) is 2. The molecule has 27 heavy (non-hydrogen) atoms. The Bertz CT molecular complexity index is 950. The standard InChI is InChI=1S/C21H20N2O3S/c1-2-3-20(24)22-11-14-4-6-15(7-5-14)21-23-17(12-27-21)16-8-9-18-19(10-16)26-13-25-18/h4-10,12H,2-3,11,13H2,1H3,(H,22,24). The van der Waals surface area contributed by atoms with Crippen LogP contribution in [-0.2, 0) is 11.3 Å². The molecule has 0 fully saturated rings. The molecule has 0 spiro atoms. The first-order valence-corrected chi connectivity index (χ1v) is 9.82. The Morgan fingerprint density at radius 1 is 1.11 bits per heavy atom. The van der Waals surface area contributed by atoms with Crippen LogP contribution in [0.1, 0.15) is 25.3 Å². The molecule has 0 unspecified atom stereocenters. The zero-order chi connectivity index (χ0) is 18.6. The molecule has 138 valence electrons. The van der Waals surface area contributed by atoms with Crippen LogP contribution in [-0.4, -0.2) is 17.7 Å². The minimum absolute atomic E-state index is 0.0925. The topological polar surface area (TPSA) is 60.5 Å². The number of nitrogens with zero attached hydrogens (tertiary/aromatic N) is 1. The van der Waals surface area contributed by atoms with Crippen molar-refractivity contribution in [1.29, 1.82) is 0 Å². The largest absolute Gasteiger partial charge is 0.454 e. The maximum Gasteiger partial charge on any atom is 0.231 e. The van der Waals surface area contributed by atoms with E-state index in [2.05, 4.69) is 5.32 Å². The Labute approximate surface area is 162 Å². The van der Waals surface area contributed by atoms with Crippen LogP contribution in [0.4, 0.5) is 0 Å². The molecule has 0 saturated carbocycles. The van der Waals surface area contributed by atoms with Crippen LogP contribution < -0.4 is 14.8 Å². The predicted molar refractivity (Wildman–Crippen MR) is 106 cm³/mol. The average molecular weight is 380 g/mol. The number of carbonyl (C=O) groups excluding carboxylic acids is 1.